The van der Waals surface area contributed by atoms with Gasteiger partial charge in [0.25, 0.3) is 0 Å². The van der Waals surface area contributed by atoms with E-state index in [0.717, 1.165) is 19.4 Å². The molecule has 2 amide bonds. The zero-order valence-corrected chi connectivity index (χ0v) is 7.98. The SMILES string of the molecule is NC(=O)C(N)CN1CCCC1C(N)=O. The van der Waals surface area contributed by atoms with Crippen LogP contribution in [0.15, 0.2) is 0 Å². The summed E-state index contributed by atoms with van der Waals surface area (Å²) in [6.07, 6.45) is 1.64. The van der Waals surface area contributed by atoms with E-state index in [4.69, 9.17) is 17.2 Å². The Morgan fingerprint density at radius 3 is 2.57 bits per heavy atom. The van der Waals surface area contributed by atoms with Crippen molar-refractivity contribution in [3.05, 3.63) is 0 Å². The predicted molar refractivity (Wildman–Crippen MR) is 51.0 cm³/mol. The normalized spacial score (nSPS) is 24.8. The third-order valence-electron chi connectivity index (χ3n) is 2.49. The number of nitrogens with two attached hydrogens (primary N) is 3. The van der Waals surface area contributed by atoms with Gasteiger partial charge in [-0.3, -0.25) is 14.5 Å². The van der Waals surface area contributed by atoms with Gasteiger partial charge in [-0.15, -0.1) is 0 Å². The number of hydrogen-bond acceptors (Lipinski definition) is 4. The van der Waals surface area contributed by atoms with Crippen LogP contribution in [0.1, 0.15) is 12.8 Å². The summed E-state index contributed by atoms with van der Waals surface area (Å²) in [5.41, 5.74) is 15.7. The van der Waals surface area contributed by atoms with Crippen LogP contribution in [0.4, 0.5) is 0 Å². The number of hydrogen-bond donors (Lipinski definition) is 3. The quantitative estimate of drug-likeness (QED) is 0.475. The standard InChI is InChI=1S/C8H16N4O2/c9-5(7(10)13)4-12-3-1-2-6(12)8(11)14/h5-6H,1-4,9H2,(H2,10,13)(H2,11,14). The van der Waals surface area contributed by atoms with Gasteiger partial charge in [-0.25, -0.2) is 0 Å². The monoisotopic (exact) mass is 200 g/mol. The number of nitrogens with zero attached hydrogens (tertiary/aromatic N) is 1. The van der Waals surface area contributed by atoms with E-state index in [1.54, 1.807) is 0 Å². The summed E-state index contributed by atoms with van der Waals surface area (Å²) < 4.78 is 0. The van der Waals surface area contributed by atoms with Gasteiger partial charge in [0.05, 0.1) is 12.1 Å². The molecule has 1 heterocycles. The maximum atomic E-state index is 11.0. The van der Waals surface area contributed by atoms with Gasteiger partial charge in [0.15, 0.2) is 0 Å². The molecule has 6 heteroatoms. The van der Waals surface area contributed by atoms with Crippen molar-refractivity contribution in [1.82, 2.24) is 4.90 Å². The third-order valence-corrected chi connectivity index (χ3v) is 2.49. The Balaban J connectivity index is 2.51. The van der Waals surface area contributed by atoms with E-state index >= 15 is 0 Å². The van der Waals surface area contributed by atoms with E-state index in [1.165, 1.54) is 0 Å². The van der Waals surface area contributed by atoms with Gasteiger partial charge in [0.1, 0.15) is 0 Å². The van der Waals surface area contributed by atoms with Crippen LogP contribution in [0.3, 0.4) is 0 Å². The predicted octanol–water partition coefficient (Wildman–Crippen LogP) is -2.25. The molecule has 14 heavy (non-hydrogen) atoms. The number of primary amides is 2. The number of amides is 2. The molecule has 1 saturated heterocycles. The Kier molecular flexibility index (Phi) is 3.43. The first kappa shape index (κ1) is 10.9. The highest BCUT2D eigenvalue weighted by Gasteiger charge is 2.30. The Hall–Kier alpha value is -1.14. The molecule has 0 spiro atoms. The van der Waals surface area contributed by atoms with Crippen molar-refractivity contribution in [3.8, 4) is 0 Å². The largest absolute Gasteiger partial charge is 0.368 e. The lowest BCUT2D eigenvalue weighted by atomic mass is 10.2. The van der Waals surface area contributed by atoms with E-state index in [-0.39, 0.29) is 11.9 Å². The van der Waals surface area contributed by atoms with Crippen molar-refractivity contribution in [2.45, 2.75) is 24.9 Å². The maximum Gasteiger partial charge on any atom is 0.235 e. The van der Waals surface area contributed by atoms with E-state index in [0.29, 0.717) is 6.54 Å². The molecular weight excluding hydrogens is 184 g/mol. The fraction of sp³-hybridized carbons (Fsp3) is 0.750. The maximum absolute atomic E-state index is 11.0. The highest BCUT2D eigenvalue weighted by atomic mass is 16.2. The highest BCUT2D eigenvalue weighted by molar-refractivity contribution is 5.81. The lowest BCUT2D eigenvalue weighted by molar-refractivity contribution is -0.124. The number of carbonyl (C=O) groups excluding carboxylic acids is 2. The van der Waals surface area contributed by atoms with Crippen molar-refractivity contribution >= 4 is 11.8 Å². The molecule has 6 N–H and O–H groups in total. The van der Waals surface area contributed by atoms with Gasteiger partial charge >= 0.3 is 0 Å². The van der Waals surface area contributed by atoms with Crippen LogP contribution in [-0.4, -0.2) is 41.9 Å². The minimum Gasteiger partial charge on any atom is -0.368 e. The molecule has 1 aliphatic rings. The number of rotatable bonds is 4. The zero-order chi connectivity index (χ0) is 10.7. The second-order valence-corrected chi connectivity index (χ2v) is 3.56. The molecule has 2 atom stereocenters. The average molecular weight is 200 g/mol. The summed E-state index contributed by atoms with van der Waals surface area (Å²) in [5.74, 6) is -0.917. The summed E-state index contributed by atoms with van der Waals surface area (Å²) >= 11 is 0. The number of likely N-dealkylation sites (tertiary alicyclic amines) is 1. The van der Waals surface area contributed by atoms with Crippen molar-refractivity contribution in [1.29, 1.82) is 0 Å². The third kappa shape index (κ3) is 2.43. The van der Waals surface area contributed by atoms with Crippen molar-refractivity contribution in [3.63, 3.8) is 0 Å². The molecule has 0 aromatic rings. The second-order valence-electron chi connectivity index (χ2n) is 3.56. The van der Waals surface area contributed by atoms with Gasteiger partial charge < -0.3 is 17.2 Å². The number of carbonyl (C=O) groups is 2. The Bertz CT molecular complexity index is 243. The lowest BCUT2D eigenvalue weighted by Gasteiger charge is -2.23. The minimum absolute atomic E-state index is 0.291. The van der Waals surface area contributed by atoms with Crippen LogP contribution in [0.25, 0.3) is 0 Å². The van der Waals surface area contributed by atoms with Crippen molar-refractivity contribution < 1.29 is 9.59 Å². The Labute approximate surface area is 82.4 Å². The van der Waals surface area contributed by atoms with E-state index < -0.39 is 11.9 Å². The van der Waals surface area contributed by atoms with Gasteiger partial charge in [-0.1, -0.05) is 0 Å². The van der Waals surface area contributed by atoms with Gasteiger partial charge in [0, 0.05) is 6.54 Å². The van der Waals surface area contributed by atoms with Crippen LogP contribution in [0, 0.1) is 0 Å². The highest BCUT2D eigenvalue weighted by Crippen LogP contribution is 2.16. The molecule has 0 aliphatic carbocycles. The topological polar surface area (TPSA) is 115 Å². The van der Waals surface area contributed by atoms with E-state index in [2.05, 4.69) is 0 Å². The first-order chi connectivity index (χ1) is 6.52. The van der Waals surface area contributed by atoms with Crippen molar-refractivity contribution in [2.24, 2.45) is 17.2 Å². The summed E-state index contributed by atoms with van der Waals surface area (Å²) in [7, 11) is 0. The molecule has 0 saturated carbocycles. The van der Waals surface area contributed by atoms with E-state index in [9.17, 15) is 9.59 Å². The molecule has 0 aromatic heterocycles. The van der Waals surface area contributed by atoms with Crippen LogP contribution >= 0.6 is 0 Å². The van der Waals surface area contributed by atoms with E-state index in [1.807, 2.05) is 4.90 Å². The van der Waals surface area contributed by atoms with Crippen LogP contribution in [0.5, 0.6) is 0 Å². The Morgan fingerprint density at radius 2 is 2.07 bits per heavy atom. The Morgan fingerprint density at radius 1 is 1.43 bits per heavy atom. The first-order valence-corrected chi connectivity index (χ1v) is 4.60. The zero-order valence-electron chi connectivity index (χ0n) is 7.98. The van der Waals surface area contributed by atoms with Crippen LogP contribution < -0.4 is 17.2 Å². The molecule has 0 radical (unpaired) electrons. The second kappa shape index (κ2) is 4.39. The molecule has 1 fully saturated rings. The fourth-order valence-corrected chi connectivity index (χ4v) is 1.71. The average Bonchev–Trinajstić information content (AvgIpc) is 2.52. The molecule has 1 rings (SSSR count). The molecule has 0 bridgehead atoms. The molecular formula is C8H16N4O2. The minimum atomic E-state index is -0.727. The summed E-state index contributed by atoms with van der Waals surface area (Å²) in [6.45, 7) is 1.05. The molecule has 0 aromatic carbocycles. The molecule has 1 aliphatic heterocycles. The molecule has 6 nitrogen and oxygen atoms in total. The summed E-state index contributed by atoms with van der Waals surface area (Å²) in [5, 5.41) is 0. The van der Waals surface area contributed by atoms with Gasteiger partial charge in [-0.05, 0) is 19.4 Å². The summed E-state index contributed by atoms with van der Waals surface area (Å²) in [4.78, 5) is 23.5. The first-order valence-electron chi connectivity index (χ1n) is 4.60. The van der Waals surface area contributed by atoms with Crippen LogP contribution in [0.2, 0.25) is 0 Å². The van der Waals surface area contributed by atoms with Gasteiger partial charge in [-0.2, -0.15) is 0 Å². The smallest absolute Gasteiger partial charge is 0.235 e. The van der Waals surface area contributed by atoms with Crippen molar-refractivity contribution in [2.75, 3.05) is 13.1 Å². The van der Waals surface area contributed by atoms with Crippen LogP contribution in [-0.2, 0) is 9.59 Å². The fourth-order valence-electron chi connectivity index (χ4n) is 1.71. The lowest BCUT2D eigenvalue weighted by Crippen LogP contribution is -2.50. The molecule has 2 unspecified atom stereocenters. The molecule has 80 valence electrons. The van der Waals surface area contributed by atoms with Gasteiger partial charge in [0.2, 0.25) is 11.8 Å². The summed E-state index contributed by atoms with van der Waals surface area (Å²) in [6, 6.07) is -1.02.